The second kappa shape index (κ2) is 9.33. The highest BCUT2D eigenvalue weighted by molar-refractivity contribution is 5.96. The molecule has 11 heteroatoms. The number of amides is 3. The number of urea groups is 1. The lowest BCUT2D eigenvalue weighted by Crippen LogP contribution is -2.47. The summed E-state index contributed by atoms with van der Waals surface area (Å²) in [5.74, 6) is -1.73. The molecule has 0 aliphatic carbocycles. The van der Waals surface area contributed by atoms with E-state index < -0.39 is 17.7 Å². The van der Waals surface area contributed by atoms with E-state index in [9.17, 15) is 18.4 Å². The van der Waals surface area contributed by atoms with Gasteiger partial charge in [-0.3, -0.25) is 9.69 Å². The third kappa shape index (κ3) is 4.71. The number of hydrogen-bond acceptors (Lipinski definition) is 6. The fraction of sp³-hybridized carbons (Fsp3) is 0.429. The minimum absolute atomic E-state index is 0.0619. The molecule has 4 rings (SSSR count). The number of carbonyl (C=O) groups excluding carboxylic acids is 2. The molecule has 3 heterocycles. The molecular formula is C21H23F2N5O4. The van der Waals surface area contributed by atoms with Crippen LogP contribution in [0, 0.1) is 11.6 Å². The first kappa shape index (κ1) is 21.7. The van der Waals surface area contributed by atoms with Gasteiger partial charge in [0.05, 0.1) is 7.11 Å². The molecular weight excluding hydrogens is 424 g/mol. The zero-order valence-electron chi connectivity index (χ0n) is 17.5. The predicted molar refractivity (Wildman–Crippen MR) is 109 cm³/mol. The first-order valence-electron chi connectivity index (χ1n) is 10.3. The maximum atomic E-state index is 13.5. The molecule has 3 amide bonds. The Morgan fingerprint density at radius 2 is 1.91 bits per heavy atom. The van der Waals surface area contributed by atoms with E-state index in [-0.39, 0.29) is 30.3 Å². The number of carbonyl (C=O) groups is 2. The second-order valence-electron chi connectivity index (χ2n) is 7.53. The topological polar surface area (TPSA) is 88.1 Å². The number of halogens is 2. The summed E-state index contributed by atoms with van der Waals surface area (Å²) in [6.45, 7) is 1.57. The monoisotopic (exact) mass is 447 g/mol. The minimum Gasteiger partial charge on any atom is -0.474 e. The van der Waals surface area contributed by atoms with Gasteiger partial charge in [0.1, 0.15) is 12.6 Å². The normalized spacial score (nSPS) is 17.1. The Morgan fingerprint density at radius 3 is 2.62 bits per heavy atom. The number of benzene rings is 1. The van der Waals surface area contributed by atoms with E-state index in [1.807, 2.05) is 0 Å². The van der Waals surface area contributed by atoms with Gasteiger partial charge in [0.2, 0.25) is 11.8 Å². The molecule has 170 valence electrons. The Morgan fingerprint density at radius 1 is 1.12 bits per heavy atom. The van der Waals surface area contributed by atoms with E-state index in [2.05, 4.69) is 9.97 Å². The van der Waals surface area contributed by atoms with Crippen LogP contribution in [-0.2, 0) is 4.79 Å². The Labute approximate surface area is 183 Å². The summed E-state index contributed by atoms with van der Waals surface area (Å²) >= 11 is 0. The number of rotatable bonds is 6. The van der Waals surface area contributed by atoms with Crippen LogP contribution in [0.3, 0.4) is 0 Å². The van der Waals surface area contributed by atoms with Gasteiger partial charge in [0.15, 0.2) is 11.6 Å². The summed E-state index contributed by atoms with van der Waals surface area (Å²) in [5, 5.41) is 0. The van der Waals surface area contributed by atoms with Crippen LogP contribution in [0.4, 0.5) is 19.3 Å². The Kier molecular flexibility index (Phi) is 6.33. The number of nitrogens with zero attached hydrogens (tertiary/aromatic N) is 5. The fourth-order valence-electron chi connectivity index (χ4n) is 3.77. The third-order valence-corrected chi connectivity index (χ3v) is 5.51. The molecule has 1 aromatic carbocycles. The van der Waals surface area contributed by atoms with Gasteiger partial charge >= 0.3 is 12.0 Å². The third-order valence-electron chi connectivity index (χ3n) is 5.51. The molecule has 0 radical (unpaired) electrons. The average molecular weight is 447 g/mol. The highest BCUT2D eigenvalue weighted by Gasteiger charge is 2.33. The summed E-state index contributed by atoms with van der Waals surface area (Å²) < 4.78 is 37.5. The molecule has 1 aromatic heterocycles. The van der Waals surface area contributed by atoms with Crippen molar-refractivity contribution in [2.45, 2.75) is 18.9 Å². The molecule has 32 heavy (non-hydrogen) atoms. The van der Waals surface area contributed by atoms with Crippen molar-refractivity contribution in [1.82, 2.24) is 19.8 Å². The summed E-state index contributed by atoms with van der Waals surface area (Å²) in [5.41, 5.74) is 0.267. The van der Waals surface area contributed by atoms with E-state index in [4.69, 9.17) is 9.47 Å². The Hall–Kier alpha value is -3.50. The molecule has 0 atom stereocenters. The lowest BCUT2D eigenvalue weighted by Gasteiger charge is -2.32. The molecule has 9 nitrogen and oxygen atoms in total. The van der Waals surface area contributed by atoms with Crippen LogP contribution in [0.1, 0.15) is 12.8 Å². The lowest BCUT2D eigenvalue weighted by molar-refractivity contribution is -0.133. The summed E-state index contributed by atoms with van der Waals surface area (Å²) in [6, 6.07) is 4.78. The van der Waals surface area contributed by atoms with E-state index in [1.54, 1.807) is 17.2 Å². The smallest absolute Gasteiger partial charge is 0.325 e. The number of aromatic nitrogens is 2. The van der Waals surface area contributed by atoms with Crippen molar-refractivity contribution >= 4 is 17.6 Å². The number of likely N-dealkylation sites (tertiary alicyclic amines) is 1. The van der Waals surface area contributed by atoms with Gasteiger partial charge in [-0.15, -0.1) is 0 Å². The average Bonchev–Trinajstić information content (AvgIpc) is 3.16. The van der Waals surface area contributed by atoms with Crippen molar-refractivity contribution in [3.63, 3.8) is 0 Å². The van der Waals surface area contributed by atoms with E-state index >= 15 is 0 Å². The van der Waals surface area contributed by atoms with Crippen molar-refractivity contribution in [2.75, 3.05) is 44.7 Å². The number of methoxy groups -OCH3 is 1. The Balaban J connectivity index is 1.27. The van der Waals surface area contributed by atoms with Crippen molar-refractivity contribution in [1.29, 1.82) is 0 Å². The van der Waals surface area contributed by atoms with Gasteiger partial charge in [-0.25, -0.2) is 18.6 Å². The van der Waals surface area contributed by atoms with Crippen LogP contribution in [0.15, 0.2) is 30.5 Å². The van der Waals surface area contributed by atoms with Gasteiger partial charge in [0, 0.05) is 63.0 Å². The molecule has 2 aliphatic rings. The van der Waals surface area contributed by atoms with Gasteiger partial charge in [0.25, 0.3) is 0 Å². The van der Waals surface area contributed by atoms with Crippen molar-refractivity contribution in [2.24, 2.45) is 0 Å². The van der Waals surface area contributed by atoms with E-state index in [0.29, 0.717) is 44.9 Å². The largest absolute Gasteiger partial charge is 0.474 e. The van der Waals surface area contributed by atoms with Gasteiger partial charge in [-0.05, 0) is 12.1 Å². The van der Waals surface area contributed by atoms with Crippen LogP contribution < -0.4 is 14.4 Å². The summed E-state index contributed by atoms with van der Waals surface area (Å²) in [4.78, 5) is 37.9. The predicted octanol–water partition coefficient (Wildman–Crippen LogP) is 2.08. The fourth-order valence-corrected chi connectivity index (χ4v) is 3.77. The lowest BCUT2D eigenvalue weighted by atomic mass is 10.1. The second-order valence-corrected chi connectivity index (χ2v) is 7.53. The minimum atomic E-state index is -1.02. The van der Waals surface area contributed by atoms with Gasteiger partial charge in [-0.1, -0.05) is 0 Å². The molecule has 2 saturated heterocycles. The molecule has 0 spiro atoms. The van der Waals surface area contributed by atoms with E-state index in [0.717, 1.165) is 12.1 Å². The first-order chi connectivity index (χ1) is 15.4. The van der Waals surface area contributed by atoms with Gasteiger partial charge in [-0.2, -0.15) is 4.98 Å². The summed E-state index contributed by atoms with van der Waals surface area (Å²) in [6.07, 6.45) is 2.73. The van der Waals surface area contributed by atoms with Gasteiger partial charge < -0.3 is 19.3 Å². The number of anilines is 1. The van der Waals surface area contributed by atoms with Crippen LogP contribution in [0.2, 0.25) is 0 Å². The molecule has 2 fully saturated rings. The van der Waals surface area contributed by atoms with Crippen LogP contribution in [0.25, 0.3) is 0 Å². The molecule has 2 aliphatic heterocycles. The van der Waals surface area contributed by atoms with Crippen molar-refractivity contribution in [3.8, 4) is 11.9 Å². The number of hydrogen-bond donors (Lipinski definition) is 0. The maximum Gasteiger partial charge on any atom is 0.325 e. The maximum absolute atomic E-state index is 13.5. The zero-order chi connectivity index (χ0) is 22.7. The van der Waals surface area contributed by atoms with Crippen LogP contribution in [0.5, 0.6) is 11.9 Å². The Bertz CT molecular complexity index is 1000. The van der Waals surface area contributed by atoms with Crippen LogP contribution in [-0.4, -0.2) is 77.6 Å². The highest BCUT2D eigenvalue weighted by Crippen LogP contribution is 2.23. The van der Waals surface area contributed by atoms with Crippen molar-refractivity contribution in [3.05, 3.63) is 42.1 Å². The van der Waals surface area contributed by atoms with Crippen molar-refractivity contribution < 1.29 is 27.8 Å². The number of ether oxygens (including phenoxy) is 2. The first-order valence-corrected chi connectivity index (χ1v) is 10.3. The van der Waals surface area contributed by atoms with E-state index in [1.165, 1.54) is 23.0 Å². The summed E-state index contributed by atoms with van der Waals surface area (Å²) in [7, 11) is 1.48. The molecule has 0 unspecified atom stereocenters. The molecule has 0 N–H and O–H groups in total. The number of piperidine rings is 1. The SMILES string of the molecule is COc1nccc(OC2CCN(C(=O)CN3CCN(c4ccc(F)c(F)c4)C3=O)CC2)n1. The quantitative estimate of drug-likeness (QED) is 0.674. The zero-order valence-corrected chi connectivity index (χ0v) is 17.5. The molecule has 2 aromatic rings. The van der Waals surface area contributed by atoms with Crippen LogP contribution >= 0.6 is 0 Å². The molecule has 0 bridgehead atoms. The molecule has 0 saturated carbocycles. The standard InChI is InChI=1S/C21H23F2N5O4/c1-31-20-24-7-4-18(25-20)32-15-5-8-26(9-6-15)19(29)13-27-10-11-28(21(27)30)14-2-3-16(22)17(23)12-14/h2-4,7,12,15H,5-6,8-11,13H2,1H3. The highest BCUT2D eigenvalue weighted by atomic mass is 19.2.